The van der Waals surface area contributed by atoms with E-state index in [0.717, 1.165) is 6.42 Å². The summed E-state index contributed by atoms with van der Waals surface area (Å²) in [5.41, 5.74) is 0.405. The van der Waals surface area contributed by atoms with E-state index in [1.54, 1.807) is 13.0 Å². The van der Waals surface area contributed by atoms with E-state index in [1.165, 1.54) is 0 Å². The molecule has 0 aliphatic heterocycles. The van der Waals surface area contributed by atoms with Crippen molar-refractivity contribution < 1.29 is 4.79 Å². The van der Waals surface area contributed by atoms with Gasteiger partial charge in [-0.3, -0.25) is 4.79 Å². The summed E-state index contributed by atoms with van der Waals surface area (Å²) in [5, 5.41) is 6.07. The molecule has 1 atom stereocenters. The molecule has 1 amide bonds. The molecule has 1 aromatic rings. The van der Waals surface area contributed by atoms with Crippen LogP contribution in [0.4, 0.5) is 5.82 Å². The average Bonchev–Trinajstić information content (AvgIpc) is 2.27. The lowest BCUT2D eigenvalue weighted by Gasteiger charge is -2.14. The molecule has 0 aromatic carbocycles. The van der Waals surface area contributed by atoms with Gasteiger partial charge in [0, 0.05) is 18.2 Å². The number of hydrogen-bond donors (Lipinski definition) is 2. The molecule has 0 fully saturated rings. The Bertz CT molecular complexity index is 417. The first-order chi connectivity index (χ1) is 8.42. The molecule has 0 saturated heterocycles. The molecule has 5 heteroatoms. The highest BCUT2D eigenvalue weighted by atomic mass is 16.1. The van der Waals surface area contributed by atoms with Crippen molar-refractivity contribution in [2.24, 2.45) is 0 Å². The third kappa shape index (κ3) is 4.31. The van der Waals surface area contributed by atoms with E-state index in [1.807, 2.05) is 13.8 Å². The zero-order valence-electron chi connectivity index (χ0n) is 11.7. The van der Waals surface area contributed by atoms with E-state index in [0.29, 0.717) is 23.4 Å². The van der Waals surface area contributed by atoms with E-state index in [2.05, 4.69) is 34.4 Å². The Labute approximate surface area is 108 Å². The van der Waals surface area contributed by atoms with Crippen LogP contribution in [0.25, 0.3) is 0 Å². The van der Waals surface area contributed by atoms with E-state index < -0.39 is 0 Å². The summed E-state index contributed by atoms with van der Waals surface area (Å²) < 4.78 is 0. The molecule has 18 heavy (non-hydrogen) atoms. The Kier molecular flexibility index (Phi) is 5.07. The van der Waals surface area contributed by atoms with Gasteiger partial charge in [-0.15, -0.1) is 0 Å². The van der Waals surface area contributed by atoms with Gasteiger partial charge in [0.05, 0.1) is 0 Å². The van der Waals surface area contributed by atoms with E-state index >= 15 is 0 Å². The predicted octanol–water partition coefficient (Wildman–Crippen LogP) is 2.13. The van der Waals surface area contributed by atoms with Gasteiger partial charge in [0.2, 0.25) is 0 Å². The van der Waals surface area contributed by atoms with Crippen LogP contribution in [-0.2, 0) is 0 Å². The third-order valence-corrected chi connectivity index (χ3v) is 2.50. The smallest absolute Gasteiger partial charge is 0.270 e. The second-order valence-electron chi connectivity index (χ2n) is 4.77. The summed E-state index contributed by atoms with van der Waals surface area (Å²) in [6.45, 7) is 9.80. The van der Waals surface area contributed by atoms with E-state index in [9.17, 15) is 4.79 Å². The second-order valence-corrected chi connectivity index (χ2v) is 4.77. The van der Waals surface area contributed by atoms with Gasteiger partial charge in [-0.1, -0.05) is 6.92 Å². The number of carbonyl (C=O) groups excluding carboxylic acids is 1. The maximum Gasteiger partial charge on any atom is 0.270 e. The summed E-state index contributed by atoms with van der Waals surface area (Å²) in [7, 11) is 0. The summed E-state index contributed by atoms with van der Waals surface area (Å²) >= 11 is 0. The van der Waals surface area contributed by atoms with Crippen molar-refractivity contribution in [1.29, 1.82) is 0 Å². The molecule has 1 heterocycles. The Balaban J connectivity index is 2.90. The Hall–Kier alpha value is -1.65. The number of rotatable bonds is 5. The first-order valence-corrected chi connectivity index (χ1v) is 6.35. The molecular weight excluding hydrogens is 228 g/mol. The summed E-state index contributed by atoms with van der Waals surface area (Å²) in [6.07, 6.45) is 0.997. The number of hydrogen-bond acceptors (Lipinski definition) is 4. The number of aromatic nitrogens is 2. The standard InChI is InChI=1S/C13H22N4O/c1-6-9(4)15-12-7-11(16-10(5)17-12)13(18)14-8(2)3/h7-9H,6H2,1-5H3,(H,14,18)(H,15,16,17). The quantitative estimate of drug-likeness (QED) is 0.840. The molecule has 0 aliphatic rings. The maximum absolute atomic E-state index is 11.9. The SMILES string of the molecule is CCC(C)Nc1cc(C(=O)NC(C)C)nc(C)n1. The van der Waals surface area contributed by atoms with Crippen LogP contribution in [0.2, 0.25) is 0 Å². The molecule has 0 spiro atoms. The molecule has 1 unspecified atom stereocenters. The van der Waals surface area contributed by atoms with Crippen LogP contribution < -0.4 is 10.6 Å². The summed E-state index contributed by atoms with van der Waals surface area (Å²) in [5.74, 6) is 1.13. The van der Waals surface area contributed by atoms with Crippen LogP contribution in [0.1, 0.15) is 50.4 Å². The van der Waals surface area contributed by atoms with Gasteiger partial charge in [-0.05, 0) is 34.1 Å². The van der Waals surface area contributed by atoms with Crippen molar-refractivity contribution in [3.63, 3.8) is 0 Å². The highest BCUT2D eigenvalue weighted by Crippen LogP contribution is 2.09. The fourth-order valence-corrected chi connectivity index (χ4v) is 1.45. The molecule has 0 aliphatic carbocycles. The number of carbonyl (C=O) groups is 1. The molecular formula is C13H22N4O. The minimum absolute atomic E-state index is 0.0961. The van der Waals surface area contributed by atoms with E-state index in [-0.39, 0.29) is 11.9 Å². The molecule has 0 saturated carbocycles. The van der Waals surface area contributed by atoms with Crippen LogP contribution in [0, 0.1) is 6.92 Å². The van der Waals surface area contributed by atoms with E-state index in [4.69, 9.17) is 0 Å². The Morgan fingerprint density at radius 3 is 2.56 bits per heavy atom. The lowest BCUT2D eigenvalue weighted by Crippen LogP contribution is -2.31. The van der Waals surface area contributed by atoms with Crippen LogP contribution in [0.5, 0.6) is 0 Å². The normalized spacial score (nSPS) is 12.3. The highest BCUT2D eigenvalue weighted by molar-refractivity contribution is 5.93. The Morgan fingerprint density at radius 1 is 1.33 bits per heavy atom. The fraction of sp³-hybridized carbons (Fsp3) is 0.615. The maximum atomic E-state index is 11.9. The average molecular weight is 250 g/mol. The minimum atomic E-state index is -0.164. The van der Waals surface area contributed by atoms with Crippen LogP contribution in [-0.4, -0.2) is 28.0 Å². The van der Waals surface area contributed by atoms with Gasteiger partial charge in [-0.25, -0.2) is 9.97 Å². The molecule has 0 bridgehead atoms. The van der Waals surface area contributed by atoms with Crippen molar-refractivity contribution in [2.45, 2.75) is 53.1 Å². The van der Waals surface area contributed by atoms with Gasteiger partial charge in [-0.2, -0.15) is 0 Å². The van der Waals surface area contributed by atoms with Gasteiger partial charge < -0.3 is 10.6 Å². The molecule has 1 aromatic heterocycles. The van der Waals surface area contributed by atoms with Crippen LogP contribution >= 0.6 is 0 Å². The number of nitrogens with one attached hydrogen (secondary N) is 2. The molecule has 5 nitrogen and oxygen atoms in total. The lowest BCUT2D eigenvalue weighted by molar-refractivity contribution is 0.0937. The third-order valence-electron chi connectivity index (χ3n) is 2.50. The number of anilines is 1. The van der Waals surface area contributed by atoms with Gasteiger partial charge in [0.1, 0.15) is 17.3 Å². The number of nitrogens with zero attached hydrogens (tertiary/aromatic N) is 2. The van der Waals surface area contributed by atoms with Crippen molar-refractivity contribution in [3.05, 3.63) is 17.6 Å². The zero-order valence-corrected chi connectivity index (χ0v) is 11.7. The Morgan fingerprint density at radius 2 is 2.00 bits per heavy atom. The molecule has 1 rings (SSSR count). The molecule has 2 N–H and O–H groups in total. The lowest BCUT2D eigenvalue weighted by atomic mass is 10.2. The molecule has 100 valence electrons. The highest BCUT2D eigenvalue weighted by Gasteiger charge is 2.12. The predicted molar refractivity (Wildman–Crippen MR) is 72.7 cm³/mol. The monoisotopic (exact) mass is 250 g/mol. The van der Waals surface area contributed by atoms with Gasteiger partial charge in [0.25, 0.3) is 5.91 Å². The van der Waals surface area contributed by atoms with Crippen molar-refractivity contribution in [3.8, 4) is 0 Å². The van der Waals surface area contributed by atoms with Crippen molar-refractivity contribution in [1.82, 2.24) is 15.3 Å². The topological polar surface area (TPSA) is 66.9 Å². The molecule has 0 radical (unpaired) electrons. The first-order valence-electron chi connectivity index (χ1n) is 6.35. The number of amides is 1. The fourth-order valence-electron chi connectivity index (χ4n) is 1.45. The second kappa shape index (κ2) is 6.33. The van der Waals surface area contributed by atoms with Gasteiger partial charge in [0.15, 0.2) is 0 Å². The van der Waals surface area contributed by atoms with Crippen LogP contribution in [0.3, 0.4) is 0 Å². The minimum Gasteiger partial charge on any atom is -0.368 e. The summed E-state index contributed by atoms with van der Waals surface area (Å²) in [4.78, 5) is 20.3. The summed E-state index contributed by atoms with van der Waals surface area (Å²) in [6, 6.07) is 2.11. The number of aryl methyl sites for hydroxylation is 1. The van der Waals surface area contributed by atoms with Crippen molar-refractivity contribution >= 4 is 11.7 Å². The zero-order chi connectivity index (χ0) is 13.7. The first kappa shape index (κ1) is 14.4. The largest absolute Gasteiger partial charge is 0.368 e. The van der Waals surface area contributed by atoms with Crippen molar-refractivity contribution in [2.75, 3.05) is 5.32 Å². The van der Waals surface area contributed by atoms with Gasteiger partial charge >= 0.3 is 0 Å². The van der Waals surface area contributed by atoms with Crippen LogP contribution in [0.15, 0.2) is 6.07 Å².